The molecule has 134 valence electrons. The third-order valence-electron chi connectivity index (χ3n) is 8.46. The zero-order chi connectivity index (χ0) is 16.8. The van der Waals surface area contributed by atoms with E-state index in [1.54, 1.807) is 0 Å². The Hall–Kier alpha value is -1.22. The van der Waals surface area contributed by atoms with E-state index in [1.807, 2.05) is 6.07 Å². The molecule has 1 aromatic carbocycles. The fourth-order valence-corrected chi connectivity index (χ4v) is 7.23. The van der Waals surface area contributed by atoms with Gasteiger partial charge >= 0.3 is 0 Å². The van der Waals surface area contributed by atoms with Crippen LogP contribution in [0.25, 0.3) is 0 Å². The van der Waals surface area contributed by atoms with Gasteiger partial charge in [0.25, 0.3) is 0 Å². The maximum Gasteiger partial charge on any atom is 0.165 e. The van der Waals surface area contributed by atoms with E-state index in [4.69, 9.17) is 4.74 Å². The van der Waals surface area contributed by atoms with Gasteiger partial charge < -0.3 is 9.84 Å². The van der Waals surface area contributed by atoms with Gasteiger partial charge in [0, 0.05) is 23.6 Å². The maximum atomic E-state index is 10.4. The van der Waals surface area contributed by atoms with Gasteiger partial charge in [-0.2, -0.15) is 0 Å². The number of hydrogen-bond acceptors (Lipinski definition) is 3. The molecule has 25 heavy (non-hydrogen) atoms. The molecule has 2 heterocycles. The number of piperidine rings is 1. The molecule has 3 nitrogen and oxygen atoms in total. The standard InChI is InChI=1S/C22H29NO2/c1-13-5-8-18-22-9-10-23(12-14-3-2-4-14)16(19(13)22)11-15-6-7-17(24)21(25-18)20(15)22/h6-7,13-14,16,18-19,24H,2-5,8-12H2,1H3/t13-,16+,18-,19?,22-/m0/s1. The average Bonchev–Trinajstić information content (AvgIpc) is 2.90. The molecule has 3 aliphatic carbocycles. The first-order valence-electron chi connectivity index (χ1n) is 10.4. The number of benzene rings is 1. The van der Waals surface area contributed by atoms with E-state index in [9.17, 15) is 5.11 Å². The van der Waals surface area contributed by atoms with Gasteiger partial charge in [-0.25, -0.2) is 0 Å². The highest BCUT2D eigenvalue weighted by molar-refractivity contribution is 5.60. The van der Waals surface area contributed by atoms with Crippen molar-refractivity contribution in [2.24, 2.45) is 17.8 Å². The third kappa shape index (κ3) is 1.76. The molecule has 0 amide bonds. The molecule has 1 N–H and O–H groups in total. The molecular formula is C22H29NO2. The maximum absolute atomic E-state index is 10.4. The predicted molar refractivity (Wildman–Crippen MR) is 97.1 cm³/mol. The number of hydrogen-bond donors (Lipinski definition) is 1. The molecule has 0 radical (unpaired) electrons. The number of likely N-dealkylation sites (tertiary alicyclic amines) is 1. The van der Waals surface area contributed by atoms with Crippen molar-refractivity contribution in [2.75, 3.05) is 13.1 Å². The first-order valence-corrected chi connectivity index (χ1v) is 10.4. The second kappa shape index (κ2) is 4.94. The van der Waals surface area contributed by atoms with Crippen molar-refractivity contribution in [2.45, 2.75) is 69.4 Å². The van der Waals surface area contributed by atoms with Crippen molar-refractivity contribution < 1.29 is 9.84 Å². The van der Waals surface area contributed by atoms with Crippen molar-refractivity contribution >= 4 is 0 Å². The number of ether oxygens (including phenoxy) is 1. The summed E-state index contributed by atoms with van der Waals surface area (Å²) in [5.41, 5.74) is 3.05. The van der Waals surface area contributed by atoms with Crippen LogP contribution < -0.4 is 4.74 Å². The van der Waals surface area contributed by atoms with Crippen LogP contribution in [0.5, 0.6) is 11.5 Å². The molecular weight excluding hydrogens is 310 g/mol. The van der Waals surface area contributed by atoms with Crippen molar-refractivity contribution in [1.29, 1.82) is 0 Å². The summed E-state index contributed by atoms with van der Waals surface area (Å²) in [5, 5.41) is 10.4. The van der Waals surface area contributed by atoms with E-state index in [-0.39, 0.29) is 5.41 Å². The van der Waals surface area contributed by atoms with Gasteiger partial charge in [-0.1, -0.05) is 19.4 Å². The summed E-state index contributed by atoms with van der Waals surface area (Å²) < 4.78 is 6.44. The van der Waals surface area contributed by atoms with Crippen LogP contribution in [0, 0.1) is 17.8 Å². The highest BCUT2D eigenvalue weighted by Gasteiger charge is 2.65. The van der Waals surface area contributed by atoms with Crippen LogP contribution in [-0.2, 0) is 11.8 Å². The van der Waals surface area contributed by atoms with Crippen molar-refractivity contribution in [3.05, 3.63) is 23.3 Å². The first-order chi connectivity index (χ1) is 12.2. The highest BCUT2D eigenvalue weighted by atomic mass is 16.5. The fourth-order valence-electron chi connectivity index (χ4n) is 7.23. The smallest absolute Gasteiger partial charge is 0.165 e. The SMILES string of the molecule is C[C@H]1CC[C@@H]2Oc3c(O)ccc4c3[C@@]23CCN(CC2CCC2)[C@H](C4)C13. The van der Waals surface area contributed by atoms with E-state index in [0.29, 0.717) is 23.8 Å². The first kappa shape index (κ1) is 14.9. The number of aromatic hydroxyl groups is 1. The minimum atomic E-state index is 0.181. The Morgan fingerprint density at radius 1 is 1.24 bits per heavy atom. The molecule has 2 saturated carbocycles. The topological polar surface area (TPSA) is 32.7 Å². The number of phenolic OH excluding ortho intramolecular Hbond substituents is 1. The summed E-state index contributed by atoms with van der Waals surface area (Å²) in [4.78, 5) is 2.85. The molecule has 1 unspecified atom stereocenters. The van der Waals surface area contributed by atoms with E-state index in [2.05, 4.69) is 17.9 Å². The van der Waals surface area contributed by atoms with Crippen LogP contribution in [0.4, 0.5) is 0 Å². The summed E-state index contributed by atoms with van der Waals surface area (Å²) >= 11 is 0. The van der Waals surface area contributed by atoms with Crippen LogP contribution >= 0.6 is 0 Å². The monoisotopic (exact) mass is 339 g/mol. The largest absolute Gasteiger partial charge is 0.504 e. The van der Waals surface area contributed by atoms with Crippen molar-refractivity contribution in [1.82, 2.24) is 4.90 Å². The molecule has 2 bridgehead atoms. The van der Waals surface area contributed by atoms with E-state index < -0.39 is 0 Å². The van der Waals surface area contributed by atoms with Crippen LogP contribution in [0.3, 0.4) is 0 Å². The van der Waals surface area contributed by atoms with E-state index in [1.165, 1.54) is 56.3 Å². The quantitative estimate of drug-likeness (QED) is 0.888. The zero-order valence-corrected chi connectivity index (χ0v) is 15.2. The Morgan fingerprint density at radius 3 is 2.92 bits per heavy atom. The lowest BCUT2D eigenvalue weighted by atomic mass is 9.49. The summed E-state index contributed by atoms with van der Waals surface area (Å²) in [6.45, 7) is 5.02. The zero-order valence-electron chi connectivity index (χ0n) is 15.2. The normalized spacial score (nSPS) is 41.8. The molecule has 0 aromatic heterocycles. The number of nitrogens with zero attached hydrogens (tertiary/aromatic N) is 1. The number of rotatable bonds is 2. The minimum Gasteiger partial charge on any atom is -0.504 e. The van der Waals surface area contributed by atoms with Crippen LogP contribution in [0.1, 0.15) is 56.6 Å². The van der Waals surface area contributed by atoms with Crippen LogP contribution in [-0.4, -0.2) is 35.2 Å². The second-order valence-electron chi connectivity index (χ2n) is 9.49. The summed E-state index contributed by atoms with van der Waals surface area (Å²) in [7, 11) is 0. The van der Waals surface area contributed by atoms with Gasteiger partial charge in [0.2, 0.25) is 0 Å². The molecule has 3 heteroatoms. The lowest BCUT2D eigenvalue weighted by molar-refractivity contribution is -0.0824. The lowest BCUT2D eigenvalue weighted by Gasteiger charge is -2.60. The predicted octanol–water partition coefficient (Wildman–Crippen LogP) is 3.87. The molecule has 5 aliphatic rings. The Labute approximate surface area is 150 Å². The third-order valence-corrected chi connectivity index (χ3v) is 8.46. The Morgan fingerprint density at radius 2 is 2.12 bits per heavy atom. The van der Waals surface area contributed by atoms with Gasteiger partial charge in [-0.15, -0.1) is 0 Å². The van der Waals surface area contributed by atoms with Crippen molar-refractivity contribution in [3.8, 4) is 11.5 Å². The molecule has 3 fully saturated rings. The van der Waals surface area contributed by atoms with Gasteiger partial charge in [0.15, 0.2) is 11.5 Å². The summed E-state index contributed by atoms with van der Waals surface area (Å²) in [5.74, 6) is 3.61. The Bertz CT molecular complexity index is 727. The second-order valence-corrected chi connectivity index (χ2v) is 9.49. The Kier molecular flexibility index (Phi) is 2.94. The fraction of sp³-hybridized carbons (Fsp3) is 0.727. The molecule has 5 atom stereocenters. The summed E-state index contributed by atoms with van der Waals surface area (Å²) in [6, 6.07) is 4.74. The minimum absolute atomic E-state index is 0.181. The Balaban J connectivity index is 1.49. The molecule has 6 rings (SSSR count). The lowest BCUT2D eigenvalue weighted by Crippen LogP contribution is -2.66. The molecule has 1 spiro atoms. The van der Waals surface area contributed by atoms with Gasteiger partial charge in [0.05, 0.1) is 0 Å². The average molecular weight is 339 g/mol. The van der Waals surface area contributed by atoms with Gasteiger partial charge in [0.1, 0.15) is 6.10 Å². The molecule has 2 aliphatic heterocycles. The van der Waals surface area contributed by atoms with Crippen LogP contribution in [0.15, 0.2) is 12.1 Å². The molecule has 1 saturated heterocycles. The van der Waals surface area contributed by atoms with E-state index >= 15 is 0 Å². The van der Waals surface area contributed by atoms with Gasteiger partial charge in [-0.3, -0.25) is 4.90 Å². The highest BCUT2D eigenvalue weighted by Crippen LogP contribution is 2.65. The molecule has 1 aromatic rings. The summed E-state index contributed by atoms with van der Waals surface area (Å²) in [6.07, 6.45) is 9.42. The van der Waals surface area contributed by atoms with Crippen molar-refractivity contribution in [3.63, 3.8) is 0 Å². The van der Waals surface area contributed by atoms with E-state index in [0.717, 1.165) is 30.4 Å². The van der Waals surface area contributed by atoms with Crippen LogP contribution in [0.2, 0.25) is 0 Å². The van der Waals surface area contributed by atoms with Gasteiger partial charge in [-0.05, 0) is 74.5 Å². The number of phenols is 1.